The Morgan fingerprint density at radius 2 is 1.33 bits per heavy atom. The fourth-order valence-corrected chi connectivity index (χ4v) is 9.43. The number of pyridine rings is 3. The van der Waals surface area contributed by atoms with Gasteiger partial charge in [0.1, 0.15) is 35.3 Å². The molecule has 2 unspecified atom stereocenters. The molecule has 70 heavy (non-hydrogen) atoms. The molecule has 2 N–H and O–H groups in total. The number of nitrogens with zero attached hydrogens (tertiary/aromatic N) is 15. The van der Waals surface area contributed by atoms with Crippen LogP contribution in [0.15, 0.2) is 108 Å². The van der Waals surface area contributed by atoms with Crippen LogP contribution in [0.25, 0.3) is 33.4 Å². The average Bonchev–Trinajstić information content (AvgIpc) is 4.28. The van der Waals surface area contributed by atoms with Gasteiger partial charge >= 0.3 is 0 Å². The smallest absolute Gasteiger partial charge is 0.295 e. The van der Waals surface area contributed by atoms with Crippen molar-refractivity contribution in [3.8, 4) is 17.4 Å². The molecule has 0 bridgehead atoms. The minimum atomic E-state index is -0.767. The largest absolute Gasteiger partial charge is 0.494 e. The summed E-state index contributed by atoms with van der Waals surface area (Å²) in [6.45, 7) is 5.61. The highest BCUT2D eigenvalue weighted by molar-refractivity contribution is 6.45. The highest BCUT2D eigenvalue weighted by atomic mass is 19.1. The van der Waals surface area contributed by atoms with E-state index in [1.807, 2.05) is 48.5 Å². The van der Waals surface area contributed by atoms with Gasteiger partial charge in [-0.1, -0.05) is 41.6 Å². The van der Waals surface area contributed by atoms with E-state index in [1.54, 1.807) is 30.5 Å². The molecular formula is C47H42FN17O5. The maximum absolute atomic E-state index is 14.7. The van der Waals surface area contributed by atoms with E-state index in [0.29, 0.717) is 80.7 Å². The number of aromatic nitrogens is 11. The summed E-state index contributed by atoms with van der Waals surface area (Å²) in [5.41, 5.74) is 2.84. The number of hydrogen-bond acceptors (Lipinski definition) is 16. The number of halogens is 1. The highest BCUT2D eigenvalue weighted by Gasteiger charge is 2.40. The number of carbonyl (C=O) groups is 4. The molecule has 23 heteroatoms. The Kier molecular flexibility index (Phi) is 11.1. The molecule has 2 amide bonds. The van der Waals surface area contributed by atoms with Crippen LogP contribution in [-0.4, -0.2) is 181 Å². The Hall–Kier alpha value is -9.02. The normalized spacial score (nSPS) is 17.5. The van der Waals surface area contributed by atoms with Crippen molar-refractivity contribution in [1.29, 1.82) is 0 Å². The van der Waals surface area contributed by atoms with Crippen molar-refractivity contribution in [1.82, 2.24) is 74.3 Å². The first-order valence-electron chi connectivity index (χ1n) is 22.4. The van der Waals surface area contributed by atoms with Gasteiger partial charge in [-0.3, -0.25) is 34.1 Å². The lowest BCUT2D eigenvalue weighted by Crippen LogP contribution is -2.56. The van der Waals surface area contributed by atoms with E-state index in [9.17, 15) is 23.6 Å². The van der Waals surface area contributed by atoms with Gasteiger partial charge < -0.3 is 34.3 Å². The van der Waals surface area contributed by atoms with Crippen LogP contribution in [-0.2, 0) is 9.59 Å². The molecule has 2 atom stereocenters. The SMILES string of the molecule is COc1cnc(-n2cnc(C)n2)c2[nH]cc(C(=O)C(=O)N3CCN4C(c5ccccn5)=NCC4C3)c12.O=C(C(=O)N1CCN2C(c3ccccc3)=NCC2C1)c1c[nH]c2c(-n3ccnn3)ncc(F)c12. The molecule has 1 aromatic carbocycles. The topological polar surface area (TPSA) is 247 Å². The number of aromatic amines is 2. The standard InChI is InChI=1S/C24H23N9O3.C23H19FN8O2/c1-14-29-13-33(30-14)23-20-19(18(36-2)11-28-23)16(10-26-20)21(34)24(35)31-7-8-32-15(12-31)9-27-22(32)17-5-3-4-6-25-17;24-17-12-27-22(32-7-6-28-29-32)19-18(17)16(11-25-19)20(33)23(34)30-8-9-31-15(13-30)10-26-21(31)14-4-2-1-3-5-14/h3-6,10-11,13,15,26H,7-9,12H2,1-2H3;1-7,11-12,15,25H,8-10,13H2. The second-order valence-corrected chi connectivity index (χ2v) is 16.8. The van der Waals surface area contributed by atoms with E-state index >= 15 is 0 Å². The minimum absolute atomic E-state index is 0.00327. The number of methoxy groups -OCH3 is 1. The van der Waals surface area contributed by atoms with E-state index in [-0.39, 0.29) is 39.9 Å². The summed E-state index contributed by atoms with van der Waals surface area (Å²) in [6.07, 6.45) is 11.7. The summed E-state index contributed by atoms with van der Waals surface area (Å²) in [5.74, 6) is 0.170. The predicted octanol–water partition coefficient (Wildman–Crippen LogP) is 2.45. The third-order valence-corrected chi connectivity index (χ3v) is 12.8. The number of H-pyrrole nitrogens is 2. The van der Waals surface area contributed by atoms with E-state index in [0.717, 1.165) is 29.1 Å². The van der Waals surface area contributed by atoms with Crippen LogP contribution in [0, 0.1) is 12.7 Å². The van der Waals surface area contributed by atoms with Crippen LogP contribution in [0.1, 0.15) is 37.8 Å². The summed E-state index contributed by atoms with van der Waals surface area (Å²) >= 11 is 0. The molecule has 0 radical (unpaired) electrons. The van der Waals surface area contributed by atoms with Gasteiger partial charge in [-0.05, 0) is 19.1 Å². The predicted molar refractivity (Wildman–Crippen MR) is 250 cm³/mol. The van der Waals surface area contributed by atoms with Crippen LogP contribution in [0.5, 0.6) is 5.75 Å². The average molecular weight is 944 g/mol. The van der Waals surface area contributed by atoms with Crippen LogP contribution < -0.4 is 4.74 Å². The molecule has 0 spiro atoms. The number of ketones is 2. The number of benzene rings is 1. The molecular weight excluding hydrogens is 902 g/mol. The molecule has 352 valence electrons. The number of aliphatic imine (C=N–C) groups is 2. The number of amidine groups is 2. The first kappa shape index (κ1) is 43.5. The van der Waals surface area contributed by atoms with Crippen molar-refractivity contribution >= 4 is 56.9 Å². The number of aryl methyl sites for hydroxylation is 1. The summed E-state index contributed by atoms with van der Waals surface area (Å²) in [4.78, 5) is 92.9. The maximum Gasteiger partial charge on any atom is 0.295 e. The Balaban J connectivity index is 0.000000153. The number of Topliss-reactive ketones (excluding diaryl/α,β-unsaturated/α-hetero) is 2. The molecule has 8 aromatic rings. The quantitative estimate of drug-likeness (QED) is 0.156. The number of ether oxygens (including phenoxy) is 1. The van der Waals surface area contributed by atoms with Gasteiger partial charge in [0, 0.05) is 63.4 Å². The van der Waals surface area contributed by atoms with Gasteiger partial charge in [0.2, 0.25) is 0 Å². The Morgan fingerprint density at radius 3 is 1.96 bits per heavy atom. The van der Waals surface area contributed by atoms with Crippen LogP contribution in [0.3, 0.4) is 0 Å². The molecule has 2 saturated heterocycles. The van der Waals surface area contributed by atoms with E-state index in [4.69, 9.17) is 4.74 Å². The second kappa shape index (κ2) is 17.9. The number of rotatable bonds is 9. The van der Waals surface area contributed by atoms with Crippen molar-refractivity contribution in [2.45, 2.75) is 19.0 Å². The molecule has 2 fully saturated rings. The van der Waals surface area contributed by atoms with Crippen LogP contribution >= 0.6 is 0 Å². The lowest BCUT2D eigenvalue weighted by molar-refractivity contribution is -0.129. The summed E-state index contributed by atoms with van der Waals surface area (Å²) in [6, 6.07) is 15.6. The maximum atomic E-state index is 14.7. The summed E-state index contributed by atoms with van der Waals surface area (Å²) in [7, 11) is 1.50. The zero-order valence-corrected chi connectivity index (χ0v) is 37.7. The monoisotopic (exact) mass is 943 g/mol. The number of amides is 2. The first-order valence-corrected chi connectivity index (χ1v) is 22.4. The zero-order chi connectivity index (χ0) is 48.0. The van der Waals surface area contributed by atoms with E-state index in [2.05, 4.69) is 65.1 Å². The third kappa shape index (κ3) is 7.65. The Labute approximate surface area is 396 Å². The lowest BCUT2D eigenvalue weighted by Gasteiger charge is -2.38. The molecule has 4 aliphatic rings. The highest BCUT2D eigenvalue weighted by Crippen LogP contribution is 2.33. The van der Waals surface area contributed by atoms with Gasteiger partial charge in [0.15, 0.2) is 17.5 Å². The van der Waals surface area contributed by atoms with Crippen molar-refractivity contribution in [3.05, 3.63) is 132 Å². The summed E-state index contributed by atoms with van der Waals surface area (Å²) in [5, 5.41) is 12.4. The van der Waals surface area contributed by atoms with E-state index in [1.165, 1.54) is 46.2 Å². The molecule has 4 aliphatic heterocycles. The lowest BCUT2D eigenvalue weighted by atomic mass is 10.1. The number of piperazine rings is 2. The number of fused-ring (bicyclic) bond motifs is 4. The van der Waals surface area contributed by atoms with Gasteiger partial charge in [-0.15, -0.1) is 5.10 Å². The van der Waals surface area contributed by atoms with Crippen molar-refractivity contribution in [3.63, 3.8) is 0 Å². The molecule has 0 saturated carbocycles. The third-order valence-electron chi connectivity index (χ3n) is 12.8. The fourth-order valence-electron chi connectivity index (χ4n) is 9.43. The van der Waals surface area contributed by atoms with Crippen molar-refractivity contribution in [2.75, 3.05) is 59.5 Å². The van der Waals surface area contributed by atoms with Crippen LogP contribution in [0.4, 0.5) is 4.39 Å². The Morgan fingerprint density at radius 1 is 0.700 bits per heavy atom. The van der Waals surface area contributed by atoms with Crippen molar-refractivity contribution < 1.29 is 28.3 Å². The fraction of sp³-hybridized carbons (Fsp3) is 0.255. The molecule has 11 heterocycles. The summed E-state index contributed by atoms with van der Waals surface area (Å²) < 4.78 is 23.1. The molecule has 7 aromatic heterocycles. The number of hydrogen-bond donors (Lipinski definition) is 2. The van der Waals surface area contributed by atoms with Gasteiger partial charge in [-0.2, -0.15) is 5.10 Å². The molecule has 12 rings (SSSR count). The van der Waals surface area contributed by atoms with Gasteiger partial charge in [-0.25, -0.2) is 28.7 Å². The van der Waals surface area contributed by atoms with E-state index < -0.39 is 29.2 Å². The minimum Gasteiger partial charge on any atom is -0.494 e. The van der Waals surface area contributed by atoms with Crippen LogP contribution in [0.2, 0.25) is 0 Å². The molecule has 0 aliphatic carbocycles. The van der Waals surface area contributed by atoms with Gasteiger partial charge in [0.05, 0.1) is 90.0 Å². The number of nitrogens with one attached hydrogen (secondary N) is 2. The van der Waals surface area contributed by atoms with Gasteiger partial charge in [0.25, 0.3) is 23.4 Å². The Bertz CT molecular complexity index is 3390. The first-order chi connectivity index (χ1) is 34.2. The van der Waals surface area contributed by atoms with Crippen molar-refractivity contribution in [2.24, 2.45) is 9.98 Å². The second-order valence-electron chi connectivity index (χ2n) is 16.8. The zero-order valence-electron chi connectivity index (χ0n) is 37.7. The number of carbonyl (C=O) groups excluding carboxylic acids is 4. The molecule has 22 nitrogen and oxygen atoms in total.